The molecule has 98 valence electrons. The van der Waals surface area contributed by atoms with Crippen LogP contribution in [0, 0.1) is 11.7 Å². The molecule has 3 nitrogen and oxygen atoms in total. The van der Waals surface area contributed by atoms with E-state index in [-0.39, 0.29) is 5.82 Å². The number of carbonyl (C=O) groups is 1. The molecule has 2 unspecified atom stereocenters. The first-order valence-corrected chi connectivity index (χ1v) is 6.29. The van der Waals surface area contributed by atoms with Gasteiger partial charge in [0.25, 0.3) is 0 Å². The highest BCUT2D eigenvalue weighted by Crippen LogP contribution is 2.35. The number of nitrogens with one attached hydrogen (secondary N) is 1. The van der Waals surface area contributed by atoms with Crippen LogP contribution in [-0.2, 0) is 4.79 Å². The summed E-state index contributed by atoms with van der Waals surface area (Å²) in [6, 6.07) is 5.84. The van der Waals surface area contributed by atoms with Crippen LogP contribution >= 0.6 is 0 Å². The van der Waals surface area contributed by atoms with E-state index in [1.165, 1.54) is 12.1 Å². The van der Waals surface area contributed by atoms with E-state index in [0.29, 0.717) is 24.4 Å². The molecule has 0 aliphatic heterocycles. The van der Waals surface area contributed by atoms with Crippen molar-refractivity contribution in [2.45, 2.75) is 38.1 Å². The molecule has 1 aliphatic rings. The summed E-state index contributed by atoms with van der Waals surface area (Å²) in [5.41, 5.74) is -0.247. The van der Waals surface area contributed by atoms with Crippen molar-refractivity contribution in [2.24, 2.45) is 5.92 Å². The molecule has 1 aromatic rings. The summed E-state index contributed by atoms with van der Waals surface area (Å²) in [6.07, 6.45) is 3.20. The minimum absolute atomic E-state index is 0.318. The van der Waals surface area contributed by atoms with Crippen LogP contribution in [0.15, 0.2) is 24.3 Å². The van der Waals surface area contributed by atoms with Crippen LogP contribution in [-0.4, -0.2) is 16.6 Å². The standard InChI is InChI=1S/C14H18FNO2/c1-10-3-2-8-14(9-10,13(17)18)16-12-6-4-11(15)5-7-12/h4-7,10,16H,2-3,8-9H2,1H3,(H,17,18). The molecular formula is C14H18FNO2. The highest BCUT2D eigenvalue weighted by Gasteiger charge is 2.41. The summed E-state index contributed by atoms with van der Waals surface area (Å²) in [5.74, 6) is -0.747. The minimum Gasteiger partial charge on any atom is -0.480 e. The molecule has 0 heterocycles. The van der Waals surface area contributed by atoms with E-state index in [4.69, 9.17) is 0 Å². The Morgan fingerprint density at radius 1 is 1.44 bits per heavy atom. The molecule has 0 aromatic heterocycles. The fourth-order valence-corrected chi connectivity index (χ4v) is 2.72. The third-order valence-electron chi connectivity index (χ3n) is 3.63. The Morgan fingerprint density at radius 2 is 2.11 bits per heavy atom. The molecule has 2 rings (SSSR count). The van der Waals surface area contributed by atoms with E-state index in [1.54, 1.807) is 12.1 Å². The van der Waals surface area contributed by atoms with Crippen molar-refractivity contribution >= 4 is 11.7 Å². The number of anilines is 1. The topological polar surface area (TPSA) is 49.3 Å². The second-order valence-electron chi connectivity index (χ2n) is 5.22. The summed E-state index contributed by atoms with van der Waals surface area (Å²) in [5, 5.41) is 12.6. The number of carboxylic acid groups (broad SMARTS) is 1. The Bertz CT molecular complexity index is 432. The number of hydrogen-bond acceptors (Lipinski definition) is 2. The van der Waals surface area contributed by atoms with Gasteiger partial charge in [0.1, 0.15) is 11.4 Å². The molecule has 0 bridgehead atoms. The maximum atomic E-state index is 12.8. The molecule has 18 heavy (non-hydrogen) atoms. The van der Waals surface area contributed by atoms with Crippen molar-refractivity contribution < 1.29 is 14.3 Å². The molecule has 1 aliphatic carbocycles. The summed E-state index contributed by atoms with van der Waals surface area (Å²) in [4.78, 5) is 11.6. The average molecular weight is 251 g/mol. The zero-order chi connectivity index (χ0) is 13.2. The van der Waals surface area contributed by atoms with Gasteiger partial charge in [-0.2, -0.15) is 0 Å². The first-order chi connectivity index (χ1) is 8.52. The average Bonchev–Trinajstić information content (AvgIpc) is 2.32. The van der Waals surface area contributed by atoms with Crippen molar-refractivity contribution in [1.82, 2.24) is 0 Å². The van der Waals surface area contributed by atoms with Crippen LogP contribution < -0.4 is 5.32 Å². The lowest BCUT2D eigenvalue weighted by Gasteiger charge is -2.37. The summed E-state index contributed by atoms with van der Waals surface area (Å²) in [7, 11) is 0. The van der Waals surface area contributed by atoms with Gasteiger partial charge in [0, 0.05) is 5.69 Å². The largest absolute Gasteiger partial charge is 0.480 e. The molecule has 1 aromatic carbocycles. The normalized spacial score (nSPS) is 27.8. The van der Waals surface area contributed by atoms with Crippen molar-refractivity contribution in [1.29, 1.82) is 0 Å². The number of hydrogen-bond donors (Lipinski definition) is 2. The summed E-state index contributed by atoms with van der Waals surface area (Å²) < 4.78 is 12.8. The lowest BCUT2D eigenvalue weighted by Crippen LogP contribution is -2.49. The third-order valence-corrected chi connectivity index (χ3v) is 3.63. The maximum absolute atomic E-state index is 12.8. The van der Waals surface area contributed by atoms with Gasteiger partial charge in [-0.1, -0.05) is 19.8 Å². The third kappa shape index (κ3) is 2.63. The maximum Gasteiger partial charge on any atom is 0.329 e. The van der Waals surface area contributed by atoms with E-state index in [0.717, 1.165) is 12.8 Å². The highest BCUT2D eigenvalue weighted by molar-refractivity contribution is 5.83. The fraction of sp³-hybridized carbons (Fsp3) is 0.500. The Kier molecular flexibility index (Phi) is 3.55. The van der Waals surface area contributed by atoms with Gasteiger partial charge in [-0.25, -0.2) is 9.18 Å². The van der Waals surface area contributed by atoms with Crippen LogP contribution in [0.1, 0.15) is 32.6 Å². The zero-order valence-electron chi connectivity index (χ0n) is 10.4. The second-order valence-corrected chi connectivity index (χ2v) is 5.22. The van der Waals surface area contributed by atoms with Gasteiger partial charge >= 0.3 is 5.97 Å². The van der Waals surface area contributed by atoms with Crippen molar-refractivity contribution in [2.75, 3.05) is 5.32 Å². The second kappa shape index (κ2) is 4.96. The molecule has 2 N–H and O–H groups in total. The molecule has 1 saturated carbocycles. The predicted octanol–water partition coefficient (Wildman–Crippen LogP) is 3.27. The SMILES string of the molecule is CC1CCCC(Nc2ccc(F)cc2)(C(=O)O)C1. The number of rotatable bonds is 3. The molecule has 2 atom stereocenters. The van der Waals surface area contributed by atoms with Gasteiger partial charge in [0.2, 0.25) is 0 Å². The molecule has 0 radical (unpaired) electrons. The molecule has 0 spiro atoms. The number of halogens is 1. The van der Waals surface area contributed by atoms with Gasteiger partial charge in [-0.15, -0.1) is 0 Å². The lowest BCUT2D eigenvalue weighted by molar-refractivity contribution is -0.144. The van der Waals surface area contributed by atoms with E-state index >= 15 is 0 Å². The van der Waals surface area contributed by atoms with Gasteiger partial charge in [-0.05, 0) is 43.0 Å². The summed E-state index contributed by atoms with van der Waals surface area (Å²) >= 11 is 0. The van der Waals surface area contributed by atoms with E-state index in [1.807, 2.05) is 0 Å². The van der Waals surface area contributed by atoms with Crippen LogP contribution in [0.3, 0.4) is 0 Å². The Labute approximate surface area is 106 Å². The first-order valence-electron chi connectivity index (χ1n) is 6.29. The minimum atomic E-state index is -0.907. The number of aliphatic carboxylic acids is 1. The van der Waals surface area contributed by atoms with E-state index in [2.05, 4.69) is 12.2 Å². The van der Waals surface area contributed by atoms with Gasteiger partial charge < -0.3 is 10.4 Å². The van der Waals surface area contributed by atoms with Gasteiger partial charge in [0.15, 0.2) is 0 Å². The number of benzene rings is 1. The molecular weight excluding hydrogens is 233 g/mol. The summed E-state index contributed by atoms with van der Waals surface area (Å²) in [6.45, 7) is 2.07. The Morgan fingerprint density at radius 3 is 2.67 bits per heavy atom. The van der Waals surface area contributed by atoms with Gasteiger partial charge in [0.05, 0.1) is 0 Å². The van der Waals surface area contributed by atoms with Gasteiger partial charge in [-0.3, -0.25) is 0 Å². The van der Waals surface area contributed by atoms with Crippen LogP contribution in [0.4, 0.5) is 10.1 Å². The van der Waals surface area contributed by atoms with Crippen molar-refractivity contribution in [3.8, 4) is 0 Å². The number of carboxylic acids is 1. The van der Waals surface area contributed by atoms with Crippen LogP contribution in [0.2, 0.25) is 0 Å². The molecule has 1 fully saturated rings. The zero-order valence-corrected chi connectivity index (χ0v) is 10.4. The van der Waals surface area contributed by atoms with Crippen LogP contribution in [0.5, 0.6) is 0 Å². The van der Waals surface area contributed by atoms with E-state index < -0.39 is 11.5 Å². The smallest absolute Gasteiger partial charge is 0.329 e. The predicted molar refractivity (Wildman–Crippen MR) is 68.0 cm³/mol. The van der Waals surface area contributed by atoms with E-state index in [9.17, 15) is 14.3 Å². The molecule has 4 heteroatoms. The molecule has 0 saturated heterocycles. The highest BCUT2D eigenvalue weighted by atomic mass is 19.1. The first kappa shape index (κ1) is 12.9. The Balaban J connectivity index is 2.20. The Hall–Kier alpha value is -1.58. The lowest BCUT2D eigenvalue weighted by atomic mass is 9.76. The van der Waals surface area contributed by atoms with Crippen molar-refractivity contribution in [3.63, 3.8) is 0 Å². The van der Waals surface area contributed by atoms with Crippen molar-refractivity contribution in [3.05, 3.63) is 30.1 Å². The quantitative estimate of drug-likeness (QED) is 0.866. The van der Waals surface area contributed by atoms with Crippen LogP contribution in [0.25, 0.3) is 0 Å². The fourth-order valence-electron chi connectivity index (χ4n) is 2.72. The molecule has 0 amide bonds. The monoisotopic (exact) mass is 251 g/mol.